The molecule has 1 heterocycles. The molecule has 0 unspecified atom stereocenters. The van der Waals surface area contributed by atoms with E-state index >= 15 is 0 Å². The summed E-state index contributed by atoms with van der Waals surface area (Å²) in [5.74, 6) is 0.806. The first-order chi connectivity index (χ1) is 8.52. The molecule has 0 saturated carbocycles. The van der Waals surface area contributed by atoms with Crippen LogP contribution in [0.4, 0.5) is 0 Å². The fourth-order valence-corrected chi connectivity index (χ4v) is 2.98. The minimum absolute atomic E-state index is 0.225. The molecule has 0 aliphatic carbocycles. The van der Waals surface area contributed by atoms with Crippen molar-refractivity contribution in [1.29, 1.82) is 0 Å². The lowest BCUT2D eigenvalue weighted by Crippen LogP contribution is -2.36. The van der Waals surface area contributed by atoms with Crippen molar-refractivity contribution in [3.63, 3.8) is 0 Å². The van der Waals surface area contributed by atoms with Crippen LogP contribution >= 0.6 is 11.6 Å². The van der Waals surface area contributed by atoms with Gasteiger partial charge in [0.25, 0.3) is 0 Å². The average Bonchev–Trinajstić information content (AvgIpc) is 2.81. The Hall–Kier alpha value is -0.505. The lowest BCUT2D eigenvalue weighted by atomic mass is 9.71. The van der Waals surface area contributed by atoms with Gasteiger partial charge in [0.1, 0.15) is 0 Å². The molecule has 2 nitrogen and oxygen atoms in total. The molecule has 1 fully saturated rings. The number of rotatable bonds is 3. The topological polar surface area (TPSA) is 18.5 Å². The van der Waals surface area contributed by atoms with Crippen molar-refractivity contribution in [3.05, 3.63) is 28.3 Å². The molecule has 0 atom stereocenters. The van der Waals surface area contributed by atoms with Crippen molar-refractivity contribution in [2.24, 2.45) is 0 Å². The molecule has 18 heavy (non-hydrogen) atoms. The van der Waals surface area contributed by atoms with Gasteiger partial charge in [-0.05, 0) is 34.5 Å². The average molecular weight is 267 g/mol. The van der Waals surface area contributed by atoms with Crippen LogP contribution in [-0.4, -0.2) is 20.3 Å². The Balaban J connectivity index is 2.55. The van der Waals surface area contributed by atoms with Gasteiger partial charge in [-0.15, -0.1) is 0 Å². The second-order valence-corrected chi connectivity index (χ2v) is 5.75. The van der Waals surface area contributed by atoms with E-state index in [2.05, 4.69) is 27.7 Å². The largest absolute Gasteiger partial charge is 0.494 e. The molecular formula is C14H20BClO2. The molecule has 1 aromatic carbocycles. The Kier molecular flexibility index (Phi) is 4.36. The molecule has 0 bridgehead atoms. The molecule has 2 rings (SSSR count). The van der Waals surface area contributed by atoms with Gasteiger partial charge in [-0.1, -0.05) is 45.4 Å². The zero-order valence-electron chi connectivity index (χ0n) is 11.5. The molecule has 0 N–H and O–H groups in total. The van der Waals surface area contributed by atoms with Crippen molar-refractivity contribution in [1.82, 2.24) is 0 Å². The Morgan fingerprint density at radius 1 is 1.00 bits per heavy atom. The third-order valence-corrected chi connectivity index (χ3v) is 3.63. The van der Waals surface area contributed by atoms with Gasteiger partial charge in [0, 0.05) is 5.02 Å². The molecule has 0 radical (unpaired) electrons. The summed E-state index contributed by atoms with van der Waals surface area (Å²) < 4.78 is 11.3. The number of hydrogen-bond donors (Lipinski definition) is 0. The third kappa shape index (κ3) is 2.58. The molecule has 98 valence electrons. The monoisotopic (exact) mass is 266 g/mol. The van der Waals surface area contributed by atoms with Crippen LogP contribution in [0.1, 0.15) is 50.7 Å². The third-order valence-electron chi connectivity index (χ3n) is 3.30. The highest BCUT2D eigenvalue weighted by molar-refractivity contribution is 6.62. The zero-order valence-corrected chi connectivity index (χ0v) is 12.3. The molecular weight excluding hydrogens is 246 g/mol. The summed E-state index contributed by atoms with van der Waals surface area (Å²) in [5.41, 5.74) is 3.64. The van der Waals surface area contributed by atoms with Gasteiger partial charge in [-0.2, -0.15) is 0 Å². The van der Waals surface area contributed by atoms with Crippen LogP contribution in [-0.2, 0) is 9.31 Å². The summed E-state index contributed by atoms with van der Waals surface area (Å²) in [6.07, 6.45) is 0. The summed E-state index contributed by atoms with van der Waals surface area (Å²) in [6.45, 7) is 10.1. The standard InChI is InChI=1S/C14H20BClO2/c1-9(2)13-11(15-17-7-8-18-15)5-6-12(16)14(13)10(3)4/h5-6,9-10H,7-8H2,1-4H3. The van der Waals surface area contributed by atoms with E-state index in [-0.39, 0.29) is 7.12 Å². The van der Waals surface area contributed by atoms with Crippen molar-refractivity contribution >= 4 is 24.2 Å². The maximum Gasteiger partial charge on any atom is 0.494 e. The Bertz CT molecular complexity index is 426. The number of halogens is 1. The van der Waals surface area contributed by atoms with Gasteiger partial charge in [-0.25, -0.2) is 0 Å². The Labute approximate surface area is 115 Å². The van der Waals surface area contributed by atoms with Crippen molar-refractivity contribution in [3.8, 4) is 0 Å². The van der Waals surface area contributed by atoms with Crippen molar-refractivity contribution < 1.29 is 9.31 Å². The first-order valence-electron chi connectivity index (χ1n) is 6.57. The van der Waals surface area contributed by atoms with E-state index in [9.17, 15) is 0 Å². The van der Waals surface area contributed by atoms with Crippen LogP contribution in [0.15, 0.2) is 12.1 Å². The molecule has 4 heteroatoms. The lowest BCUT2D eigenvalue weighted by Gasteiger charge is -2.22. The van der Waals surface area contributed by atoms with Gasteiger partial charge >= 0.3 is 7.12 Å². The minimum Gasteiger partial charge on any atom is -0.405 e. The number of hydrogen-bond acceptors (Lipinski definition) is 2. The summed E-state index contributed by atoms with van der Waals surface area (Å²) in [7, 11) is -0.225. The summed E-state index contributed by atoms with van der Waals surface area (Å²) in [4.78, 5) is 0. The molecule has 1 aliphatic rings. The first-order valence-corrected chi connectivity index (χ1v) is 6.95. The summed E-state index contributed by atoms with van der Waals surface area (Å²) in [5, 5.41) is 0.843. The number of benzene rings is 1. The van der Waals surface area contributed by atoms with Crippen molar-refractivity contribution in [2.45, 2.75) is 39.5 Å². The van der Waals surface area contributed by atoms with Gasteiger partial charge in [0.15, 0.2) is 0 Å². The van der Waals surface area contributed by atoms with E-state index in [0.29, 0.717) is 25.0 Å². The quantitative estimate of drug-likeness (QED) is 0.781. The summed E-state index contributed by atoms with van der Waals surface area (Å²) >= 11 is 6.37. The summed E-state index contributed by atoms with van der Waals surface area (Å²) in [6, 6.07) is 4.00. The van der Waals surface area contributed by atoms with Crippen LogP contribution in [0.25, 0.3) is 0 Å². The van der Waals surface area contributed by atoms with E-state index < -0.39 is 0 Å². The maximum atomic E-state index is 6.37. The van der Waals surface area contributed by atoms with Gasteiger partial charge in [0.05, 0.1) is 13.2 Å². The second kappa shape index (κ2) is 5.64. The predicted molar refractivity (Wildman–Crippen MR) is 76.9 cm³/mol. The Morgan fingerprint density at radius 2 is 1.56 bits per heavy atom. The SMILES string of the molecule is CC(C)c1c(Cl)ccc(B2OCCO2)c1C(C)C. The van der Waals surface area contributed by atoms with Crippen LogP contribution in [0.2, 0.25) is 5.02 Å². The van der Waals surface area contributed by atoms with Gasteiger partial charge < -0.3 is 9.31 Å². The van der Waals surface area contributed by atoms with E-state index in [1.807, 2.05) is 12.1 Å². The second-order valence-electron chi connectivity index (χ2n) is 5.35. The van der Waals surface area contributed by atoms with Crippen LogP contribution in [0.5, 0.6) is 0 Å². The first kappa shape index (κ1) is 13.9. The molecule has 0 aromatic heterocycles. The van der Waals surface area contributed by atoms with Crippen molar-refractivity contribution in [2.75, 3.05) is 13.2 Å². The molecule has 1 aliphatic heterocycles. The highest BCUT2D eigenvalue weighted by atomic mass is 35.5. The Morgan fingerprint density at radius 3 is 2.06 bits per heavy atom. The van der Waals surface area contributed by atoms with Crippen LogP contribution < -0.4 is 5.46 Å². The predicted octanol–water partition coefficient (Wildman–Crippen LogP) is 3.33. The fraction of sp³-hybridized carbons (Fsp3) is 0.571. The highest BCUT2D eigenvalue weighted by Gasteiger charge is 2.31. The zero-order chi connectivity index (χ0) is 13.3. The van der Waals surface area contributed by atoms with E-state index in [1.54, 1.807) is 0 Å². The van der Waals surface area contributed by atoms with E-state index in [4.69, 9.17) is 20.9 Å². The smallest absolute Gasteiger partial charge is 0.405 e. The van der Waals surface area contributed by atoms with E-state index in [1.165, 1.54) is 11.1 Å². The normalized spacial score (nSPS) is 16.1. The maximum absolute atomic E-state index is 6.37. The molecule has 1 aromatic rings. The lowest BCUT2D eigenvalue weighted by molar-refractivity contribution is 0.365. The molecule has 1 saturated heterocycles. The van der Waals surface area contributed by atoms with Gasteiger partial charge in [0.2, 0.25) is 0 Å². The highest BCUT2D eigenvalue weighted by Crippen LogP contribution is 2.31. The molecule has 0 amide bonds. The van der Waals surface area contributed by atoms with Gasteiger partial charge in [-0.3, -0.25) is 0 Å². The van der Waals surface area contributed by atoms with Crippen LogP contribution in [0.3, 0.4) is 0 Å². The molecule has 0 spiro atoms. The minimum atomic E-state index is -0.225. The van der Waals surface area contributed by atoms with Crippen LogP contribution in [0, 0.1) is 0 Å². The van der Waals surface area contributed by atoms with E-state index in [0.717, 1.165) is 10.5 Å². The fourth-order valence-electron chi connectivity index (χ4n) is 2.60.